The lowest BCUT2D eigenvalue weighted by atomic mass is 10.3. The van der Waals surface area contributed by atoms with E-state index in [1.54, 1.807) is 0 Å². The maximum Gasteiger partial charge on any atom is 0.127 e. The first-order valence-electron chi connectivity index (χ1n) is 3.10. The van der Waals surface area contributed by atoms with Gasteiger partial charge in [0, 0.05) is 11.0 Å². The van der Waals surface area contributed by atoms with E-state index in [0.717, 1.165) is 6.07 Å². The van der Waals surface area contributed by atoms with Crippen molar-refractivity contribution in [3.05, 3.63) is 36.8 Å². The van der Waals surface area contributed by atoms with Gasteiger partial charge in [-0.2, -0.15) is 0 Å². The van der Waals surface area contributed by atoms with E-state index in [4.69, 9.17) is 0 Å². The Bertz CT molecular complexity index is 228. The molecular weight excluding hydrogens is 166 g/mol. The van der Waals surface area contributed by atoms with Crippen LogP contribution in [0.5, 0.6) is 0 Å². The van der Waals surface area contributed by atoms with Crippen molar-refractivity contribution in [2.45, 2.75) is 4.90 Å². The summed E-state index contributed by atoms with van der Waals surface area (Å²) in [6.07, 6.45) is 0. The molecule has 1 aromatic rings. The molecule has 3 heteroatoms. The molecule has 11 heavy (non-hydrogen) atoms. The number of rotatable bonds is 2. The third kappa shape index (κ3) is 2.50. The minimum atomic E-state index is -0.541. The van der Waals surface area contributed by atoms with Crippen LogP contribution in [0.25, 0.3) is 0 Å². The lowest BCUT2D eigenvalue weighted by Gasteiger charge is -1.97. The van der Waals surface area contributed by atoms with Crippen molar-refractivity contribution in [1.29, 1.82) is 0 Å². The van der Waals surface area contributed by atoms with Crippen LogP contribution in [-0.4, -0.2) is 5.75 Å². The summed E-state index contributed by atoms with van der Waals surface area (Å²) in [6, 6.07) is 3.44. The summed E-state index contributed by atoms with van der Waals surface area (Å²) >= 11 is 1.31. The Morgan fingerprint density at radius 1 is 1.18 bits per heavy atom. The highest BCUT2D eigenvalue weighted by molar-refractivity contribution is 7.99. The molecule has 0 aromatic heterocycles. The van der Waals surface area contributed by atoms with Crippen LogP contribution >= 0.6 is 11.8 Å². The molecule has 0 nitrogen and oxygen atoms in total. The fraction of sp³-hybridized carbons (Fsp3) is 0.125. The molecule has 0 aliphatic heterocycles. The number of hydrogen-bond acceptors (Lipinski definition) is 1. The Morgan fingerprint density at radius 2 is 1.73 bits per heavy atom. The second-order valence-electron chi connectivity index (χ2n) is 1.95. The van der Waals surface area contributed by atoms with E-state index in [0.29, 0.717) is 10.6 Å². The third-order valence-corrected chi connectivity index (χ3v) is 1.88. The normalized spacial score (nSPS) is 10.1. The van der Waals surface area contributed by atoms with Crippen LogP contribution in [-0.2, 0) is 0 Å². The number of hydrogen-bond donors (Lipinski definition) is 0. The van der Waals surface area contributed by atoms with Gasteiger partial charge >= 0.3 is 0 Å². The molecule has 0 fully saturated rings. The van der Waals surface area contributed by atoms with E-state index in [-0.39, 0.29) is 0 Å². The average Bonchev–Trinajstić information content (AvgIpc) is 1.85. The smallest absolute Gasteiger partial charge is 0.127 e. The maximum absolute atomic E-state index is 12.5. The zero-order valence-corrected chi connectivity index (χ0v) is 6.63. The molecule has 0 saturated carbocycles. The molecule has 0 amide bonds. The monoisotopic (exact) mass is 173 g/mol. The predicted molar refractivity (Wildman–Crippen MR) is 42.4 cm³/mol. The van der Waals surface area contributed by atoms with Gasteiger partial charge in [-0.1, -0.05) is 0 Å². The molecule has 0 atom stereocenters. The fourth-order valence-corrected chi connectivity index (χ4v) is 1.36. The summed E-state index contributed by atoms with van der Waals surface area (Å²) in [6.45, 7) is 3.56. The summed E-state index contributed by atoms with van der Waals surface area (Å²) in [5.74, 6) is -0.509. The summed E-state index contributed by atoms with van der Waals surface area (Å²) < 4.78 is 25.0. The molecule has 0 aliphatic rings. The average molecular weight is 173 g/mol. The highest BCUT2D eigenvalue weighted by Gasteiger charge is 1.98. The first kappa shape index (κ1) is 8.53. The van der Waals surface area contributed by atoms with Crippen LogP contribution in [0.2, 0.25) is 0 Å². The molecule has 59 valence electrons. The van der Waals surface area contributed by atoms with Crippen LogP contribution < -0.4 is 0 Å². The van der Waals surface area contributed by atoms with Crippen molar-refractivity contribution in [2.75, 3.05) is 5.75 Å². The molecule has 0 spiro atoms. The quantitative estimate of drug-likeness (QED) is 0.620. The van der Waals surface area contributed by atoms with E-state index in [2.05, 4.69) is 6.92 Å². The Kier molecular flexibility index (Phi) is 2.88. The van der Waals surface area contributed by atoms with Gasteiger partial charge in [-0.3, -0.25) is 0 Å². The van der Waals surface area contributed by atoms with E-state index in [1.807, 2.05) is 0 Å². The Balaban J connectivity index is 2.89. The van der Waals surface area contributed by atoms with E-state index in [1.165, 1.54) is 23.9 Å². The van der Waals surface area contributed by atoms with Gasteiger partial charge in [-0.15, -0.1) is 11.8 Å². The van der Waals surface area contributed by atoms with Crippen molar-refractivity contribution in [1.82, 2.24) is 0 Å². The van der Waals surface area contributed by atoms with E-state index < -0.39 is 11.6 Å². The van der Waals surface area contributed by atoms with Gasteiger partial charge in [0.05, 0.1) is 0 Å². The molecule has 0 heterocycles. The van der Waals surface area contributed by atoms with Crippen LogP contribution in [0.15, 0.2) is 23.1 Å². The van der Waals surface area contributed by atoms with Crippen molar-refractivity contribution in [3.63, 3.8) is 0 Å². The van der Waals surface area contributed by atoms with Gasteiger partial charge in [0.2, 0.25) is 0 Å². The molecule has 0 saturated heterocycles. The van der Waals surface area contributed by atoms with Gasteiger partial charge in [0.25, 0.3) is 0 Å². The van der Waals surface area contributed by atoms with Gasteiger partial charge in [-0.25, -0.2) is 8.78 Å². The lowest BCUT2D eigenvalue weighted by molar-refractivity contribution is 0.577. The standard InChI is InChI=1S/C8H7F2S/c1-2-11-8-4-6(9)3-7(10)5-8/h3-5H,1-2H2. The number of benzene rings is 1. The first-order valence-corrected chi connectivity index (χ1v) is 4.09. The summed E-state index contributed by atoms with van der Waals surface area (Å²) in [5.41, 5.74) is 0. The predicted octanol–water partition coefficient (Wildman–Crippen LogP) is 2.89. The SMILES string of the molecule is [CH2]CSc1cc(F)cc(F)c1. The van der Waals surface area contributed by atoms with Crippen LogP contribution in [0.1, 0.15) is 0 Å². The minimum absolute atomic E-state index is 0.541. The topological polar surface area (TPSA) is 0 Å². The maximum atomic E-state index is 12.5. The lowest BCUT2D eigenvalue weighted by Crippen LogP contribution is -1.81. The molecule has 1 aromatic carbocycles. The Labute approximate surface area is 68.6 Å². The van der Waals surface area contributed by atoms with Gasteiger partial charge in [0.1, 0.15) is 11.6 Å². The fourth-order valence-electron chi connectivity index (χ4n) is 0.730. The minimum Gasteiger partial charge on any atom is -0.207 e. The molecular formula is C8H7F2S. The second-order valence-corrected chi connectivity index (χ2v) is 3.12. The van der Waals surface area contributed by atoms with Gasteiger partial charge in [0.15, 0.2) is 0 Å². The van der Waals surface area contributed by atoms with Crippen molar-refractivity contribution >= 4 is 11.8 Å². The molecule has 0 aliphatic carbocycles. The van der Waals surface area contributed by atoms with Gasteiger partial charge in [-0.05, 0) is 24.8 Å². The zero-order chi connectivity index (χ0) is 8.27. The molecule has 0 N–H and O–H groups in total. The molecule has 1 rings (SSSR count). The van der Waals surface area contributed by atoms with Crippen molar-refractivity contribution < 1.29 is 8.78 Å². The zero-order valence-electron chi connectivity index (χ0n) is 5.81. The Hall–Kier alpha value is -0.570. The van der Waals surface area contributed by atoms with Crippen molar-refractivity contribution in [3.8, 4) is 0 Å². The second kappa shape index (κ2) is 3.72. The highest BCUT2D eigenvalue weighted by Crippen LogP contribution is 2.19. The van der Waals surface area contributed by atoms with Crippen LogP contribution in [0, 0.1) is 18.6 Å². The van der Waals surface area contributed by atoms with Gasteiger partial charge < -0.3 is 0 Å². The summed E-state index contributed by atoms with van der Waals surface area (Å²) in [5, 5.41) is 0. The third-order valence-electron chi connectivity index (χ3n) is 1.10. The largest absolute Gasteiger partial charge is 0.207 e. The van der Waals surface area contributed by atoms with Crippen LogP contribution in [0.4, 0.5) is 8.78 Å². The van der Waals surface area contributed by atoms with Crippen LogP contribution in [0.3, 0.4) is 0 Å². The first-order chi connectivity index (χ1) is 5.22. The number of halogens is 2. The number of thioether (sulfide) groups is 1. The molecule has 0 bridgehead atoms. The Morgan fingerprint density at radius 3 is 2.18 bits per heavy atom. The van der Waals surface area contributed by atoms with E-state index >= 15 is 0 Å². The van der Waals surface area contributed by atoms with E-state index in [9.17, 15) is 8.78 Å². The van der Waals surface area contributed by atoms with Crippen molar-refractivity contribution in [2.24, 2.45) is 0 Å². The highest BCUT2D eigenvalue weighted by atomic mass is 32.2. The molecule has 1 radical (unpaired) electrons. The summed E-state index contributed by atoms with van der Waals surface area (Å²) in [4.78, 5) is 0.581. The summed E-state index contributed by atoms with van der Waals surface area (Å²) in [7, 11) is 0. The molecule has 0 unspecified atom stereocenters.